The highest BCUT2D eigenvalue weighted by Crippen LogP contribution is 2.40. The monoisotopic (exact) mass is 424 g/mol. The molecule has 0 unspecified atom stereocenters. The molecule has 0 fully saturated rings. The van der Waals surface area contributed by atoms with Crippen LogP contribution in [-0.4, -0.2) is 41.0 Å². The van der Waals surface area contributed by atoms with Crippen molar-refractivity contribution in [2.75, 3.05) is 41.0 Å². The summed E-state index contributed by atoms with van der Waals surface area (Å²) in [6, 6.07) is 13.2. The molecule has 3 rings (SSSR count). The van der Waals surface area contributed by atoms with Crippen LogP contribution in [0.1, 0.15) is 9.75 Å². The Morgan fingerprint density at radius 1 is 0.593 bits per heavy atom. The van der Waals surface area contributed by atoms with Crippen LogP contribution in [0.3, 0.4) is 0 Å². The van der Waals surface area contributed by atoms with Crippen LogP contribution in [0, 0.1) is 0 Å². The van der Waals surface area contributed by atoms with Crippen LogP contribution in [0.25, 0.3) is 19.5 Å². The Bertz CT molecular complexity index is 741. The predicted octanol–water partition coefficient (Wildman–Crippen LogP) is 5.53. The summed E-state index contributed by atoms with van der Waals surface area (Å²) in [5.74, 6) is 0. The summed E-state index contributed by atoms with van der Waals surface area (Å²) in [6.45, 7) is 2.09. The van der Waals surface area contributed by atoms with Gasteiger partial charge < -0.3 is 18.9 Å². The fourth-order valence-corrected chi connectivity index (χ4v) is 5.69. The van der Waals surface area contributed by atoms with Crippen molar-refractivity contribution in [1.82, 2.24) is 0 Å². The molecule has 3 aromatic rings. The molecule has 3 aromatic heterocycles. The fourth-order valence-electron chi connectivity index (χ4n) is 2.52. The summed E-state index contributed by atoms with van der Waals surface area (Å²) in [6.07, 6.45) is 1.84. The van der Waals surface area contributed by atoms with Crippen LogP contribution in [0.5, 0.6) is 0 Å². The highest BCUT2D eigenvalue weighted by atomic mass is 32.1. The van der Waals surface area contributed by atoms with Gasteiger partial charge in [0.2, 0.25) is 0 Å². The number of thiophene rings is 3. The van der Waals surface area contributed by atoms with Gasteiger partial charge in [0.25, 0.3) is 0 Å². The second-order valence-electron chi connectivity index (χ2n) is 5.83. The lowest BCUT2D eigenvalue weighted by molar-refractivity contribution is -0.0291. The van der Waals surface area contributed by atoms with E-state index in [1.807, 2.05) is 34.0 Å². The quantitative estimate of drug-likeness (QED) is 0.283. The van der Waals surface area contributed by atoms with Gasteiger partial charge in [-0.05, 0) is 36.4 Å². The first-order valence-corrected chi connectivity index (χ1v) is 11.2. The number of methoxy groups -OCH3 is 2. The molecule has 0 atom stereocenters. The average molecular weight is 425 g/mol. The standard InChI is InChI=1S/C20H24O4S3/c1-21-13-23-11-9-15-3-5-17(25-15)19-7-8-20(27-19)18-6-4-16(26-18)10-12-24-14-22-2/h3-8H,9-14H2,1-2H3. The lowest BCUT2D eigenvalue weighted by atomic mass is 10.3. The molecule has 0 radical (unpaired) electrons. The molecule has 0 saturated heterocycles. The third kappa shape index (κ3) is 6.22. The molecule has 0 spiro atoms. The van der Waals surface area contributed by atoms with E-state index >= 15 is 0 Å². The molecule has 0 bridgehead atoms. The van der Waals surface area contributed by atoms with E-state index in [-0.39, 0.29) is 0 Å². The molecule has 4 nitrogen and oxygen atoms in total. The van der Waals surface area contributed by atoms with Gasteiger partial charge in [-0.25, -0.2) is 0 Å². The zero-order valence-corrected chi connectivity index (χ0v) is 18.0. The molecule has 0 aliphatic heterocycles. The van der Waals surface area contributed by atoms with Crippen LogP contribution in [0.2, 0.25) is 0 Å². The van der Waals surface area contributed by atoms with Crippen LogP contribution >= 0.6 is 34.0 Å². The topological polar surface area (TPSA) is 36.9 Å². The predicted molar refractivity (Wildman–Crippen MR) is 114 cm³/mol. The van der Waals surface area contributed by atoms with Crippen LogP contribution in [-0.2, 0) is 31.8 Å². The molecule has 146 valence electrons. The van der Waals surface area contributed by atoms with Crippen molar-refractivity contribution in [3.8, 4) is 19.5 Å². The van der Waals surface area contributed by atoms with Gasteiger partial charge >= 0.3 is 0 Å². The summed E-state index contributed by atoms with van der Waals surface area (Å²) in [5, 5.41) is 0. The Morgan fingerprint density at radius 2 is 1.00 bits per heavy atom. The van der Waals surface area contributed by atoms with Crippen LogP contribution in [0.4, 0.5) is 0 Å². The number of hydrogen-bond acceptors (Lipinski definition) is 7. The minimum atomic E-state index is 0.355. The highest BCUT2D eigenvalue weighted by molar-refractivity contribution is 7.26. The summed E-state index contributed by atoms with van der Waals surface area (Å²) in [7, 11) is 3.28. The van der Waals surface area contributed by atoms with E-state index in [4.69, 9.17) is 18.9 Å². The second-order valence-corrected chi connectivity index (χ2v) is 9.25. The Labute approximate surface area is 172 Å². The van der Waals surface area contributed by atoms with E-state index in [0.717, 1.165) is 12.8 Å². The minimum absolute atomic E-state index is 0.355. The van der Waals surface area contributed by atoms with E-state index in [2.05, 4.69) is 36.4 Å². The fraction of sp³-hybridized carbons (Fsp3) is 0.400. The average Bonchev–Trinajstić information content (AvgIpc) is 3.42. The van der Waals surface area contributed by atoms with E-state index in [1.54, 1.807) is 14.2 Å². The van der Waals surface area contributed by atoms with Gasteiger partial charge in [0.15, 0.2) is 0 Å². The second kappa shape index (κ2) is 11.1. The van der Waals surface area contributed by atoms with Crippen LogP contribution < -0.4 is 0 Å². The minimum Gasteiger partial charge on any atom is -0.359 e. The normalized spacial score (nSPS) is 11.3. The number of hydrogen-bond donors (Lipinski definition) is 0. The number of rotatable bonds is 12. The summed E-state index contributed by atoms with van der Waals surface area (Å²) in [5.41, 5.74) is 0. The summed E-state index contributed by atoms with van der Waals surface area (Å²) < 4.78 is 20.6. The van der Waals surface area contributed by atoms with E-state index in [0.29, 0.717) is 26.8 Å². The van der Waals surface area contributed by atoms with Gasteiger partial charge in [0.05, 0.1) is 13.2 Å². The Hall–Kier alpha value is -1.06. The lowest BCUT2D eigenvalue weighted by Crippen LogP contribution is -2.00. The zero-order valence-electron chi connectivity index (χ0n) is 15.6. The molecule has 27 heavy (non-hydrogen) atoms. The van der Waals surface area contributed by atoms with Gasteiger partial charge in [0, 0.05) is 56.3 Å². The Kier molecular flexibility index (Phi) is 8.47. The maximum Gasteiger partial charge on any atom is 0.146 e. The Morgan fingerprint density at radius 3 is 1.44 bits per heavy atom. The molecule has 3 heterocycles. The molecule has 0 amide bonds. The number of ether oxygens (including phenoxy) is 4. The third-order valence-electron chi connectivity index (χ3n) is 3.80. The first-order valence-electron chi connectivity index (χ1n) is 8.71. The lowest BCUT2D eigenvalue weighted by Gasteiger charge is -2.00. The molecular formula is C20H24O4S3. The van der Waals surface area contributed by atoms with Gasteiger partial charge in [-0.15, -0.1) is 34.0 Å². The largest absolute Gasteiger partial charge is 0.359 e. The first kappa shape index (κ1) is 20.7. The van der Waals surface area contributed by atoms with E-state index in [1.165, 1.54) is 29.3 Å². The molecule has 0 saturated carbocycles. The van der Waals surface area contributed by atoms with E-state index < -0.39 is 0 Å². The molecule has 0 N–H and O–H groups in total. The summed E-state index contributed by atoms with van der Waals surface area (Å²) in [4.78, 5) is 7.95. The molecule has 0 aliphatic rings. The first-order chi connectivity index (χ1) is 13.3. The maximum atomic E-state index is 5.38. The van der Waals surface area contributed by atoms with Gasteiger partial charge in [0.1, 0.15) is 13.6 Å². The molecule has 7 heteroatoms. The Balaban J connectivity index is 1.57. The van der Waals surface area contributed by atoms with Gasteiger partial charge in [-0.1, -0.05) is 0 Å². The summed E-state index contributed by atoms with van der Waals surface area (Å²) >= 11 is 5.52. The van der Waals surface area contributed by atoms with Crippen LogP contribution in [0.15, 0.2) is 36.4 Å². The van der Waals surface area contributed by atoms with Crippen molar-refractivity contribution in [3.05, 3.63) is 46.2 Å². The van der Waals surface area contributed by atoms with Crippen molar-refractivity contribution in [3.63, 3.8) is 0 Å². The molecule has 0 aliphatic carbocycles. The molecule has 0 aromatic carbocycles. The van der Waals surface area contributed by atoms with Gasteiger partial charge in [-0.2, -0.15) is 0 Å². The van der Waals surface area contributed by atoms with Crippen molar-refractivity contribution >= 4 is 34.0 Å². The molecular weight excluding hydrogens is 400 g/mol. The van der Waals surface area contributed by atoms with Gasteiger partial charge in [-0.3, -0.25) is 0 Å². The highest BCUT2D eigenvalue weighted by Gasteiger charge is 2.10. The van der Waals surface area contributed by atoms with Crippen molar-refractivity contribution in [2.24, 2.45) is 0 Å². The van der Waals surface area contributed by atoms with E-state index in [9.17, 15) is 0 Å². The smallest absolute Gasteiger partial charge is 0.146 e. The third-order valence-corrected chi connectivity index (χ3v) is 7.57. The van der Waals surface area contributed by atoms with Crippen molar-refractivity contribution in [1.29, 1.82) is 0 Å². The SMILES string of the molecule is COCOCCc1ccc(-c2ccc(-c3ccc(CCOCOC)s3)s2)s1. The van der Waals surface area contributed by atoms with Crippen molar-refractivity contribution < 1.29 is 18.9 Å². The van der Waals surface area contributed by atoms with Crippen molar-refractivity contribution in [2.45, 2.75) is 12.8 Å². The maximum absolute atomic E-state index is 5.38. The zero-order chi connectivity index (χ0) is 18.9.